The first-order chi connectivity index (χ1) is 8.22. The van der Waals surface area contributed by atoms with Gasteiger partial charge in [0.1, 0.15) is 5.69 Å². The zero-order chi connectivity index (χ0) is 12.3. The summed E-state index contributed by atoms with van der Waals surface area (Å²) in [5.74, 6) is 0.645. The lowest BCUT2D eigenvalue weighted by molar-refractivity contribution is -0.380. The number of anilines is 1. The minimum Gasteiger partial charge on any atom is -0.369 e. The zero-order valence-corrected chi connectivity index (χ0v) is 9.90. The van der Waals surface area contributed by atoms with E-state index in [1.54, 1.807) is 18.5 Å². The highest BCUT2D eigenvalue weighted by molar-refractivity contribution is 7.18. The summed E-state index contributed by atoms with van der Waals surface area (Å²) >= 11 is 1.09. The van der Waals surface area contributed by atoms with E-state index in [1.165, 1.54) is 6.07 Å². The predicted molar refractivity (Wildman–Crippen MR) is 66.2 cm³/mol. The van der Waals surface area contributed by atoms with Crippen molar-refractivity contribution in [1.82, 2.24) is 9.97 Å². The molecule has 2 rings (SSSR count). The quantitative estimate of drug-likeness (QED) is 0.666. The van der Waals surface area contributed by atoms with E-state index in [2.05, 4.69) is 15.3 Å². The Morgan fingerprint density at radius 3 is 2.82 bits per heavy atom. The maximum atomic E-state index is 10.6. The van der Waals surface area contributed by atoms with Crippen molar-refractivity contribution in [2.24, 2.45) is 0 Å². The fourth-order valence-electron chi connectivity index (χ4n) is 1.37. The summed E-state index contributed by atoms with van der Waals surface area (Å²) in [6, 6.07) is 3.16. The van der Waals surface area contributed by atoms with Crippen molar-refractivity contribution >= 4 is 22.2 Å². The van der Waals surface area contributed by atoms with Gasteiger partial charge in [-0.2, -0.15) is 0 Å². The highest BCUT2D eigenvalue weighted by Gasteiger charge is 2.14. The molecule has 0 bridgehead atoms. The molecule has 0 saturated carbocycles. The number of thiophene rings is 1. The summed E-state index contributed by atoms with van der Waals surface area (Å²) in [5, 5.41) is 13.8. The highest BCUT2D eigenvalue weighted by Crippen LogP contribution is 2.34. The summed E-state index contributed by atoms with van der Waals surface area (Å²) in [4.78, 5) is 19.3. The molecular weight excluding hydrogens is 240 g/mol. The van der Waals surface area contributed by atoms with Gasteiger partial charge in [-0.3, -0.25) is 10.1 Å². The van der Waals surface area contributed by atoms with Gasteiger partial charge in [0, 0.05) is 25.0 Å². The maximum absolute atomic E-state index is 10.6. The third-order valence-electron chi connectivity index (χ3n) is 2.05. The molecule has 0 atom stereocenters. The van der Waals surface area contributed by atoms with E-state index in [-0.39, 0.29) is 5.00 Å². The third kappa shape index (κ3) is 2.39. The number of hydrogen-bond donors (Lipinski definition) is 1. The Morgan fingerprint density at radius 2 is 2.18 bits per heavy atom. The smallest absolute Gasteiger partial charge is 0.324 e. The molecule has 2 aromatic rings. The van der Waals surface area contributed by atoms with E-state index in [4.69, 9.17) is 0 Å². The Bertz CT molecular complexity index is 541. The van der Waals surface area contributed by atoms with Gasteiger partial charge >= 0.3 is 5.00 Å². The topological polar surface area (TPSA) is 81.0 Å². The molecule has 7 heteroatoms. The molecule has 88 valence electrons. The van der Waals surface area contributed by atoms with Gasteiger partial charge in [0.05, 0.1) is 9.80 Å². The molecule has 0 fully saturated rings. The van der Waals surface area contributed by atoms with E-state index in [9.17, 15) is 10.1 Å². The Kier molecular flexibility index (Phi) is 3.29. The van der Waals surface area contributed by atoms with Crippen molar-refractivity contribution in [2.45, 2.75) is 6.92 Å². The Balaban J connectivity index is 2.41. The molecule has 0 spiro atoms. The van der Waals surface area contributed by atoms with Gasteiger partial charge in [0.15, 0.2) is 5.82 Å². The molecule has 6 nitrogen and oxygen atoms in total. The normalized spacial score (nSPS) is 10.2. The van der Waals surface area contributed by atoms with E-state index in [0.717, 1.165) is 22.8 Å². The first-order valence-electron chi connectivity index (χ1n) is 5.02. The molecule has 0 aliphatic carbocycles. The van der Waals surface area contributed by atoms with Crippen LogP contribution in [0.1, 0.15) is 6.92 Å². The largest absolute Gasteiger partial charge is 0.369 e. The van der Waals surface area contributed by atoms with Gasteiger partial charge in [0.25, 0.3) is 0 Å². The summed E-state index contributed by atoms with van der Waals surface area (Å²) in [6.07, 6.45) is 3.16. The Hall–Kier alpha value is -2.02. The second kappa shape index (κ2) is 4.88. The number of aromatic nitrogens is 2. The van der Waals surface area contributed by atoms with Gasteiger partial charge in [0.2, 0.25) is 0 Å². The summed E-state index contributed by atoms with van der Waals surface area (Å²) in [6.45, 7) is 2.68. The first kappa shape index (κ1) is 11.5. The van der Waals surface area contributed by atoms with Gasteiger partial charge in [-0.1, -0.05) is 11.3 Å². The molecule has 2 aromatic heterocycles. The molecule has 0 aliphatic heterocycles. The molecule has 0 amide bonds. The van der Waals surface area contributed by atoms with Crippen LogP contribution in [0.3, 0.4) is 0 Å². The van der Waals surface area contributed by atoms with Crippen LogP contribution in [0.25, 0.3) is 10.6 Å². The van der Waals surface area contributed by atoms with Crippen LogP contribution >= 0.6 is 11.3 Å². The average Bonchev–Trinajstić information content (AvgIpc) is 2.79. The van der Waals surface area contributed by atoms with E-state index >= 15 is 0 Å². The lowest BCUT2D eigenvalue weighted by Crippen LogP contribution is -2.01. The fourth-order valence-corrected chi connectivity index (χ4v) is 2.19. The van der Waals surface area contributed by atoms with Crippen molar-refractivity contribution in [1.29, 1.82) is 0 Å². The van der Waals surface area contributed by atoms with E-state index < -0.39 is 4.92 Å². The van der Waals surface area contributed by atoms with Crippen molar-refractivity contribution < 1.29 is 4.92 Å². The minimum atomic E-state index is -0.405. The molecule has 0 saturated heterocycles. The summed E-state index contributed by atoms with van der Waals surface area (Å²) < 4.78 is 0. The second-order valence-corrected chi connectivity index (χ2v) is 4.24. The lowest BCUT2D eigenvalue weighted by Gasteiger charge is -2.05. The molecule has 1 N–H and O–H groups in total. The van der Waals surface area contributed by atoms with E-state index in [1.807, 2.05) is 6.92 Å². The lowest BCUT2D eigenvalue weighted by atomic mass is 10.3. The monoisotopic (exact) mass is 250 g/mol. The highest BCUT2D eigenvalue weighted by atomic mass is 32.1. The number of nitrogens with zero attached hydrogens (tertiary/aromatic N) is 3. The van der Waals surface area contributed by atoms with Crippen molar-refractivity contribution in [2.75, 3.05) is 11.9 Å². The third-order valence-corrected chi connectivity index (χ3v) is 3.09. The van der Waals surface area contributed by atoms with Crippen molar-refractivity contribution in [3.05, 3.63) is 34.6 Å². The van der Waals surface area contributed by atoms with Crippen LogP contribution in [0.4, 0.5) is 10.8 Å². The predicted octanol–water partition coefficient (Wildman–Crippen LogP) is 2.55. The van der Waals surface area contributed by atoms with Crippen molar-refractivity contribution in [3.8, 4) is 10.6 Å². The summed E-state index contributed by atoms with van der Waals surface area (Å²) in [5.41, 5.74) is 0.646. The Morgan fingerprint density at radius 1 is 1.41 bits per heavy atom. The summed E-state index contributed by atoms with van der Waals surface area (Å²) in [7, 11) is 0. The number of rotatable bonds is 4. The van der Waals surface area contributed by atoms with Gasteiger partial charge in [-0.25, -0.2) is 9.97 Å². The Labute approximate surface area is 102 Å². The van der Waals surface area contributed by atoms with Crippen LogP contribution in [-0.2, 0) is 0 Å². The van der Waals surface area contributed by atoms with Gasteiger partial charge < -0.3 is 5.32 Å². The molecular formula is C10H10N4O2S. The number of nitrogens with one attached hydrogen (secondary N) is 1. The van der Waals surface area contributed by atoms with Crippen LogP contribution in [0.15, 0.2) is 24.5 Å². The first-order valence-corrected chi connectivity index (χ1v) is 5.83. The average molecular weight is 250 g/mol. The van der Waals surface area contributed by atoms with Crippen molar-refractivity contribution in [3.63, 3.8) is 0 Å². The molecule has 0 aromatic carbocycles. The molecule has 2 heterocycles. The number of nitro groups is 1. The number of hydrogen-bond acceptors (Lipinski definition) is 6. The standard InChI is InChI=1S/C10H10N4O2S/c1-2-11-10-9(12-5-6-13-10)7-3-4-8(17-7)14(15)16/h3-6H,2H2,1H3,(H,11,13). The van der Waals surface area contributed by atoms with Gasteiger partial charge in [-0.05, 0) is 13.0 Å². The molecule has 17 heavy (non-hydrogen) atoms. The van der Waals surface area contributed by atoms with Crippen LogP contribution in [0.5, 0.6) is 0 Å². The molecule has 0 unspecified atom stereocenters. The molecule has 0 radical (unpaired) electrons. The SMILES string of the molecule is CCNc1nccnc1-c1ccc([N+](=O)[O-])s1. The van der Waals surface area contributed by atoms with Crippen LogP contribution in [0.2, 0.25) is 0 Å². The van der Waals surface area contributed by atoms with Crippen LogP contribution in [-0.4, -0.2) is 21.4 Å². The minimum absolute atomic E-state index is 0.105. The molecule has 0 aliphatic rings. The van der Waals surface area contributed by atoms with Crippen LogP contribution in [0, 0.1) is 10.1 Å². The second-order valence-electron chi connectivity index (χ2n) is 3.18. The van der Waals surface area contributed by atoms with Crippen LogP contribution < -0.4 is 5.32 Å². The maximum Gasteiger partial charge on any atom is 0.324 e. The van der Waals surface area contributed by atoms with E-state index in [0.29, 0.717) is 11.5 Å². The van der Waals surface area contributed by atoms with Gasteiger partial charge in [-0.15, -0.1) is 0 Å². The fraction of sp³-hybridized carbons (Fsp3) is 0.200. The zero-order valence-electron chi connectivity index (χ0n) is 9.08.